The number of nitrogens with zero attached hydrogens (tertiary/aromatic N) is 3. The molecular weight excluding hydrogens is 382 g/mol. The van der Waals surface area contributed by atoms with Gasteiger partial charge in [-0.15, -0.1) is 0 Å². The molecule has 0 amide bonds. The number of carboxylic acid groups (broad SMARTS) is 2. The van der Waals surface area contributed by atoms with Crippen molar-refractivity contribution in [3.8, 4) is 0 Å². The fraction of sp³-hybridized carbons (Fsp3) is 0.429. The van der Waals surface area contributed by atoms with E-state index in [9.17, 15) is 14.4 Å². The number of anilines is 1. The summed E-state index contributed by atoms with van der Waals surface area (Å²) in [5.41, 5.74) is 6.78. The number of fused-ring (bicyclic) bond motifs is 1. The molecule has 0 bridgehead atoms. The average Bonchev–Trinajstić information content (AvgIpc) is 3.15. The highest BCUT2D eigenvalue weighted by atomic mass is 16.4. The molecule has 0 spiro atoms. The van der Waals surface area contributed by atoms with Crippen LogP contribution in [0.15, 0.2) is 12.7 Å². The van der Waals surface area contributed by atoms with Gasteiger partial charge < -0.3 is 46.2 Å². The summed E-state index contributed by atoms with van der Waals surface area (Å²) < 4.78 is 0. The number of H-pyrrole nitrogens is 1. The maximum Gasteiger partial charge on any atom is 0.303 e. The van der Waals surface area contributed by atoms with Gasteiger partial charge >= 0.3 is 11.9 Å². The number of nitrogen functional groups attached to an aromatic ring is 1. The van der Waals surface area contributed by atoms with E-state index in [1.807, 2.05) is 0 Å². The third-order valence-electron chi connectivity index (χ3n) is 2.88. The van der Waals surface area contributed by atoms with Crippen molar-refractivity contribution >= 4 is 35.2 Å². The molecule has 28 heavy (non-hydrogen) atoms. The quantitative estimate of drug-likeness (QED) is 0.217. The van der Waals surface area contributed by atoms with Crippen LogP contribution in [-0.4, -0.2) is 93.7 Å². The Bertz CT molecular complexity index is 740. The van der Waals surface area contributed by atoms with Crippen molar-refractivity contribution in [3.63, 3.8) is 0 Å². The van der Waals surface area contributed by atoms with Crippen LogP contribution < -0.4 is 5.73 Å². The first-order valence-electron chi connectivity index (χ1n) is 7.57. The van der Waals surface area contributed by atoms with Crippen LogP contribution in [0, 0.1) is 0 Å². The topological polar surface area (TPSA) is 253 Å². The van der Waals surface area contributed by atoms with Gasteiger partial charge in [0.05, 0.1) is 25.8 Å². The number of aromatic amines is 1. The van der Waals surface area contributed by atoms with Gasteiger partial charge in [-0.3, -0.25) is 9.59 Å². The van der Waals surface area contributed by atoms with Crippen molar-refractivity contribution in [1.82, 2.24) is 19.9 Å². The fourth-order valence-electron chi connectivity index (χ4n) is 1.41. The minimum absolute atomic E-state index is 0.0869. The van der Waals surface area contributed by atoms with Crippen molar-refractivity contribution in [2.45, 2.75) is 31.2 Å². The smallest absolute Gasteiger partial charge is 0.303 e. The van der Waals surface area contributed by atoms with Gasteiger partial charge in [-0.1, -0.05) is 0 Å². The van der Waals surface area contributed by atoms with Crippen molar-refractivity contribution in [2.24, 2.45) is 0 Å². The molecule has 2 heterocycles. The number of nitrogens with two attached hydrogens (primary N) is 1. The van der Waals surface area contributed by atoms with Crippen LogP contribution in [0.5, 0.6) is 0 Å². The van der Waals surface area contributed by atoms with E-state index in [0.29, 0.717) is 17.0 Å². The number of carbonyl (C=O) groups is 3. The van der Waals surface area contributed by atoms with Crippen LogP contribution >= 0.6 is 0 Å². The fourth-order valence-corrected chi connectivity index (χ4v) is 1.41. The summed E-state index contributed by atoms with van der Waals surface area (Å²) in [4.78, 5) is 43.4. The van der Waals surface area contributed by atoms with Crippen molar-refractivity contribution in [3.05, 3.63) is 12.7 Å². The molecule has 14 nitrogen and oxygen atoms in total. The normalized spacial score (nSPS) is 13.1. The molecule has 2 rings (SSSR count). The van der Waals surface area contributed by atoms with E-state index < -0.39 is 36.9 Å². The molecule has 2 aromatic rings. The standard InChI is InChI=1S/C5H5N5.C5H10O5.C4H6O4/c6-4-3-5(9-1-7-3)10-2-8-4;6-1-3(8)5(10)4(9)2-7;5-3(6)1-2-4(7)8/h1-2H,(H3,6,7,8,9,10);1,3-5,7-10H,2H2;1-2H2,(H,5,6)(H,7,8). The van der Waals surface area contributed by atoms with E-state index in [1.165, 1.54) is 12.7 Å². The second-order valence-electron chi connectivity index (χ2n) is 5.01. The number of aldehydes is 1. The Balaban J connectivity index is 0.000000394. The number of aliphatic carboxylic acids is 2. The van der Waals surface area contributed by atoms with E-state index in [2.05, 4.69) is 19.9 Å². The van der Waals surface area contributed by atoms with E-state index >= 15 is 0 Å². The van der Waals surface area contributed by atoms with Crippen molar-refractivity contribution < 1.29 is 45.0 Å². The van der Waals surface area contributed by atoms with Crippen LogP contribution in [0.2, 0.25) is 0 Å². The van der Waals surface area contributed by atoms with Gasteiger partial charge in [0.15, 0.2) is 17.8 Å². The lowest BCUT2D eigenvalue weighted by Gasteiger charge is -2.16. The zero-order valence-electron chi connectivity index (χ0n) is 14.4. The summed E-state index contributed by atoms with van der Waals surface area (Å²) in [5.74, 6) is -1.72. The molecule has 0 radical (unpaired) electrons. The Morgan fingerprint density at radius 3 is 2.11 bits per heavy atom. The summed E-state index contributed by atoms with van der Waals surface area (Å²) in [7, 11) is 0. The van der Waals surface area contributed by atoms with Crippen molar-refractivity contribution in [2.75, 3.05) is 12.3 Å². The molecule has 14 heteroatoms. The number of carboxylic acids is 2. The summed E-state index contributed by atoms with van der Waals surface area (Å²) in [6, 6.07) is 0. The highest BCUT2D eigenvalue weighted by Crippen LogP contribution is 2.09. The van der Waals surface area contributed by atoms with Crippen LogP contribution in [0.3, 0.4) is 0 Å². The predicted octanol–water partition coefficient (Wildman–Crippen LogP) is -2.87. The maximum atomic E-state index is 9.76. The minimum Gasteiger partial charge on any atom is -0.481 e. The third kappa shape index (κ3) is 9.48. The molecule has 3 unspecified atom stereocenters. The summed E-state index contributed by atoms with van der Waals surface area (Å²) in [6.07, 6.45) is -2.30. The van der Waals surface area contributed by atoms with Gasteiger partial charge in [0.25, 0.3) is 0 Å². The first kappa shape index (κ1) is 24.8. The molecule has 9 N–H and O–H groups in total. The number of aromatic nitrogens is 4. The maximum absolute atomic E-state index is 9.76. The zero-order valence-corrected chi connectivity index (χ0v) is 14.4. The number of aliphatic hydroxyl groups excluding tert-OH is 4. The lowest BCUT2D eigenvalue weighted by atomic mass is 10.1. The van der Waals surface area contributed by atoms with Crippen LogP contribution in [0.25, 0.3) is 11.2 Å². The second kappa shape index (κ2) is 13.0. The van der Waals surface area contributed by atoms with Gasteiger partial charge in [0.2, 0.25) is 0 Å². The van der Waals surface area contributed by atoms with Gasteiger partial charge in [-0.25, -0.2) is 15.0 Å². The van der Waals surface area contributed by atoms with E-state index in [4.69, 9.17) is 36.4 Å². The summed E-state index contributed by atoms with van der Waals surface area (Å²) >= 11 is 0. The Hall–Kier alpha value is -3.20. The lowest BCUT2D eigenvalue weighted by molar-refractivity contribution is -0.143. The highest BCUT2D eigenvalue weighted by molar-refractivity contribution is 5.80. The SMILES string of the molecule is Nc1ncnc2nc[nH]c12.O=C(O)CCC(=O)O.O=CC(O)C(O)C(O)CO. The van der Waals surface area contributed by atoms with E-state index in [0.717, 1.165) is 0 Å². The van der Waals surface area contributed by atoms with Gasteiger partial charge in [0.1, 0.15) is 30.2 Å². The first-order chi connectivity index (χ1) is 13.1. The molecular formula is C14H21N5O9. The average molecular weight is 403 g/mol. The molecule has 0 aliphatic rings. The number of carbonyl (C=O) groups excluding carboxylic acids is 1. The van der Waals surface area contributed by atoms with Crippen LogP contribution in [-0.2, 0) is 14.4 Å². The Morgan fingerprint density at radius 2 is 1.68 bits per heavy atom. The Labute approximate surface area is 157 Å². The molecule has 0 fully saturated rings. The molecule has 0 aromatic carbocycles. The first-order valence-corrected chi connectivity index (χ1v) is 7.57. The molecule has 0 saturated heterocycles. The van der Waals surface area contributed by atoms with Crippen LogP contribution in [0.1, 0.15) is 12.8 Å². The monoisotopic (exact) mass is 403 g/mol. The lowest BCUT2D eigenvalue weighted by Crippen LogP contribution is -2.40. The van der Waals surface area contributed by atoms with E-state index in [1.54, 1.807) is 0 Å². The van der Waals surface area contributed by atoms with Gasteiger partial charge in [-0.2, -0.15) is 0 Å². The summed E-state index contributed by atoms with van der Waals surface area (Å²) in [5, 5.41) is 49.9. The number of rotatable bonds is 7. The Morgan fingerprint density at radius 1 is 1.11 bits per heavy atom. The number of hydrogen-bond donors (Lipinski definition) is 8. The molecule has 2 aromatic heterocycles. The van der Waals surface area contributed by atoms with Crippen LogP contribution in [0.4, 0.5) is 5.82 Å². The van der Waals surface area contributed by atoms with Gasteiger partial charge in [-0.05, 0) is 0 Å². The molecule has 0 aliphatic carbocycles. The predicted molar refractivity (Wildman–Crippen MR) is 91.8 cm³/mol. The van der Waals surface area contributed by atoms with Crippen molar-refractivity contribution in [1.29, 1.82) is 0 Å². The largest absolute Gasteiger partial charge is 0.481 e. The molecule has 0 aliphatic heterocycles. The molecule has 156 valence electrons. The number of nitrogens with one attached hydrogen (secondary N) is 1. The van der Waals surface area contributed by atoms with E-state index in [-0.39, 0.29) is 19.1 Å². The number of aliphatic hydroxyl groups is 4. The minimum atomic E-state index is -1.64. The Kier molecular flexibility index (Phi) is 11.6. The zero-order chi connectivity index (χ0) is 21.7. The van der Waals surface area contributed by atoms with Gasteiger partial charge in [0, 0.05) is 0 Å². The highest BCUT2D eigenvalue weighted by Gasteiger charge is 2.22. The second-order valence-corrected chi connectivity index (χ2v) is 5.01. The summed E-state index contributed by atoms with van der Waals surface area (Å²) in [6.45, 7) is -0.688. The third-order valence-corrected chi connectivity index (χ3v) is 2.88. The number of hydrogen-bond acceptors (Lipinski definition) is 11. The number of imidazole rings is 1. The molecule has 3 atom stereocenters. The molecule has 0 saturated carbocycles.